The number of halogens is 1. The first kappa shape index (κ1) is 14.5. The van der Waals surface area contributed by atoms with Crippen LogP contribution in [0.5, 0.6) is 0 Å². The molecule has 0 fully saturated rings. The number of pyridine rings is 1. The van der Waals surface area contributed by atoms with Gasteiger partial charge in [0.1, 0.15) is 5.15 Å². The topological polar surface area (TPSA) is 37.3 Å². The van der Waals surface area contributed by atoms with E-state index in [2.05, 4.69) is 27.6 Å². The number of para-hydroxylation sites is 1. The lowest BCUT2D eigenvalue weighted by atomic mass is 10.1. The first-order valence-electron chi connectivity index (χ1n) is 7.10. The number of aryl methyl sites for hydroxylation is 1. The van der Waals surface area contributed by atoms with Crippen molar-refractivity contribution >= 4 is 28.7 Å². The third-order valence-corrected chi connectivity index (χ3v) is 3.75. The Morgan fingerprint density at radius 1 is 1.14 bits per heavy atom. The van der Waals surface area contributed by atoms with Crippen molar-refractivity contribution in [3.63, 3.8) is 0 Å². The molecular weight excluding hydrogens is 294 g/mol. The normalized spacial score (nSPS) is 11.2. The van der Waals surface area contributed by atoms with Crippen LogP contribution in [0.3, 0.4) is 0 Å². The molecule has 0 aliphatic heterocycles. The van der Waals surface area contributed by atoms with Gasteiger partial charge in [-0.25, -0.2) is 4.98 Å². The molecule has 0 spiro atoms. The lowest BCUT2D eigenvalue weighted by Crippen LogP contribution is -2.05. The average molecular weight is 310 g/mol. The van der Waals surface area contributed by atoms with Crippen molar-refractivity contribution in [1.82, 2.24) is 10.4 Å². The summed E-state index contributed by atoms with van der Waals surface area (Å²) in [4.78, 5) is 4.46. The van der Waals surface area contributed by atoms with E-state index >= 15 is 0 Å². The van der Waals surface area contributed by atoms with E-state index in [9.17, 15) is 0 Å². The second kappa shape index (κ2) is 6.58. The molecule has 0 bridgehead atoms. The fourth-order valence-electron chi connectivity index (χ4n) is 2.28. The number of hydrazone groups is 1. The summed E-state index contributed by atoms with van der Waals surface area (Å²) in [5.74, 6) is 0. The Balaban J connectivity index is 1.76. The fraction of sp³-hybridized carbons (Fsp3) is 0.111. The fourth-order valence-corrected chi connectivity index (χ4v) is 2.47. The molecule has 0 unspecified atom stereocenters. The molecule has 110 valence electrons. The molecule has 1 N–H and O–H groups in total. The van der Waals surface area contributed by atoms with Gasteiger partial charge in [0.05, 0.1) is 18.3 Å². The van der Waals surface area contributed by atoms with Gasteiger partial charge in [0.15, 0.2) is 0 Å². The summed E-state index contributed by atoms with van der Waals surface area (Å²) in [6.45, 7) is 2.70. The Hall–Kier alpha value is -2.39. The van der Waals surface area contributed by atoms with Crippen molar-refractivity contribution in [2.75, 3.05) is 0 Å². The molecule has 0 radical (unpaired) electrons. The molecule has 1 aromatic heterocycles. The van der Waals surface area contributed by atoms with Crippen LogP contribution in [0.15, 0.2) is 59.7 Å². The van der Waals surface area contributed by atoms with E-state index in [1.165, 1.54) is 5.56 Å². The van der Waals surface area contributed by atoms with E-state index in [1.54, 1.807) is 6.21 Å². The second-order valence-electron chi connectivity index (χ2n) is 5.09. The molecule has 0 saturated heterocycles. The highest BCUT2D eigenvalue weighted by Crippen LogP contribution is 2.21. The molecule has 22 heavy (non-hydrogen) atoms. The van der Waals surface area contributed by atoms with Crippen LogP contribution in [-0.2, 0) is 6.54 Å². The van der Waals surface area contributed by atoms with Crippen molar-refractivity contribution in [3.05, 3.63) is 76.4 Å². The van der Waals surface area contributed by atoms with Crippen LogP contribution in [0, 0.1) is 6.92 Å². The number of nitrogens with zero attached hydrogens (tertiary/aromatic N) is 2. The Morgan fingerprint density at radius 3 is 2.77 bits per heavy atom. The van der Waals surface area contributed by atoms with E-state index in [-0.39, 0.29) is 0 Å². The minimum absolute atomic E-state index is 0.465. The van der Waals surface area contributed by atoms with Crippen molar-refractivity contribution in [3.8, 4) is 0 Å². The number of hydrogen-bond donors (Lipinski definition) is 1. The molecule has 1 heterocycles. The van der Waals surface area contributed by atoms with E-state index in [4.69, 9.17) is 11.6 Å². The van der Waals surface area contributed by atoms with E-state index in [0.29, 0.717) is 11.7 Å². The highest BCUT2D eigenvalue weighted by atomic mass is 35.5. The Morgan fingerprint density at radius 2 is 1.95 bits per heavy atom. The van der Waals surface area contributed by atoms with E-state index in [0.717, 1.165) is 22.0 Å². The summed E-state index contributed by atoms with van der Waals surface area (Å²) in [5, 5.41) is 5.76. The molecule has 0 atom stereocenters. The van der Waals surface area contributed by atoms with Crippen LogP contribution in [0.2, 0.25) is 5.15 Å². The SMILES string of the molecule is Cc1cccc2cc(C=NNCc3ccccc3)c(Cl)nc12. The summed E-state index contributed by atoms with van der Waals surface area (Å²) >= 11 is 6.24. The van der Waals surface area contributed by atoms with Gasteiger partial charge in [0, 0.05) is 10.9 Å². The van der Waals surface area contributed by atoms with Crippen LogP contribution in [0.25, 0.3) is 10.9 Å². The molecule has 0 aliphatic carbocycles. The van der Waals surface area contributed by atoms with Gasteiger partial charge in [-0.2, -0.15) is 5.10 Å². The molecule has 2 aromatic carbocycles. The minimum Gasteiger partial charge on any atom is -0.306 e. The monoisotopic (exact) mass is 309 g/mol. The maximum Gasteiger partial charge on any atom is 0.138 e. The smallest absolute Gasteiger partial charge is 0.138 e. The zero-order valence-corrected chi connectivity index (χ0v) is 13.0. The Bertz CT molecular complexity index is 813. The number of nitrogens with one attached hydrogen (secondary N) is 1. The van der Waals surface area contributed by atoms with Crippen LogP contribution >= 0.6 is 11.6 Å². The average Bonchev–Trinajstić information content (AvgIpc) is 2.54. The Labute approximate surface area is 134 Å². The summed E-state index contributed by atoms with van der Waals surface area (Å²) in [5.41, 5.74) is 7.05. The van der Waals surface area contributed by atoms with Gasteiger partial charge in [0.25, 0.3) is 0 Å². The zero-order valence-electron chi connectivity index (χ0n) is 12.3. The molecule has 3 rings (SSSR count). The maximum atomic E-state index is 6.24. The summed E-state index contributed by atoms with van der Waals surface area (Å²) < 4.78 is 0. The molecule has 3 nitrogen and oxygen atoms in total. The molecule has 0 aliphatic rings. The lowest BCUT2D eigenvalue weighted by molar-refractivity contribution is 0.748. The standard InChI is InChI=1S/C18H16ClN3/c1-13-6-5-9-15-10-16(18(19)22-17(13)15)12-21-20-11-14-7-3-2-4-8-14/h2-10,12,20H,11H2,1H3. The van der Waals surface area contributed by atoms with Crippen molar-refractivity contribution in [2.24, 2.45) is 5.10 Å². The lowest BCUT2D eigenvalue weighted by Gasteiger charge is -2.05. The quantitative estimate of drug-likeness (QED) is 0.443. The third-order valence-electron chi connectivity index (χ3n) is 3.45. The van der Waals surface area contributed by atoms with Crippen LogP contribution in [0.1, 0.15) is 16.7 Å². The highest BCUT2D eigenvalue weighted by molar-refractivity contribution is 6.32. The van der Waals surface area contributed by atoms with Gasteiger partial charge in [-0.05, 0) is 24.1 Å². The number of aromatic nitrogens is 1. The first-order valence-corrected chi connectivity index (χ1v) is 7.47. The molecular formula is C18H16ClN3. The summed E-state index contributed by atoms with van der Waals surface area (Å²) in [6.07, 6.45) is 1.71. The minimum atomic E-state index is 0.465. The van der Waals surface area contributed by atoms with Gasteiger partial charge < -0.3 is 5.43 Å². The van der Waals surface area contributed by atoms with Gasteiger partial charge in [0.2, 0.25) is 0 Å². The highest BCUT2D eigenvalue weighted by Gasteiger charge is 2.04. The Kier molecular flexibility index (Phi) is 4.35. The predicted molar refractivity (Wildman–Crippen MR) is 92.4 cm³/mol. The van der Waals surface area contributed by atoms with Gasteiger partial charge in [-0.3, -0.25) is 0 Å². The van der Waals surface area contributed by atoms with Crippen LogP contribution < -0.4 is 5.43 Å². The first-order chi connectivity index (χ1) is 10.7. The zero-order chi connectivity index (χ0) is 15.4. The van der Waals surface area contributed by atoms with Crippen molar-refractivity contribution in [2.45, 2.75) is 13.5 Å². The molecule has 0 amide bonds. The van der Waals surface area contributed by atoms with Crippen molar-refractivity contribution < 1.29 is 0 Å². The third kappa shape index (κ3) is 3.26. The maximum absolute atomic E-state index is 6.24. The molecule has 0 saturated carbocycles. The summed E-state index contributed by atoms with van der Waals surface area (Å²) in [7, 11) is 0. The number of hydrogen-bond acceptors (Lipinski definition) is 3. The van der Waals surface area contributed by atoms with E-state index in [1.807, 2.05) is 49.4 Å². The number of fused-ring (bicyclic) bond motifs is 1. The number of benzene rings is 2. The predicted octanol–water partition coefficient (Wildman–Crippen LogP) is 4.32. The van der Waals surface area contributed by atoms with Crippen molar-refractivity contribution in [1.29, 1.82) is 0 Å². The van der Waals surface area contributed by atoms with Crippen LogP contribution in [0.4, 0.5) is 0 Å². The number of rotatable bonds is 4. The van der Waals surface area contributed by atoms with Crippen LogP contribution in [-0.4, -0.2) is 11.2 Å². The van der Waals surface area contributed by atoms with Gasteiger partial charge in [-0.15, -0.1) is 0 Å². The summed E-state index contributed by atoms with van der Waals surface area (Å²) in [6, 6.07) is 18.2. The second-order valence-corrected chi connectivity index (χ2v) is 5.45. The van der Waals surface area contributed by atoms with Gasteiger partial charge >= 0.3 is 0 Å². The van der Waals surface area contributed by atoms with E-state index < -0.39 is 0 Å². The molecule has 4 heteroatoms. The van der Waals surface area contributed by atoms with Gasteiger partial charge in [-0.1, -0.05) is 60.1 Å². The largest absolute Gasteiger partial charge is 0.306 e. The molecule has 3 aromatic rings.